The highest BCUT2D eigenvalue weighted by Gasteiger charge is 2.12. The molecule has 0 aromatic carbocycles. The van der Waals surface area contributed by atoms with Crippen molar-refractivity contribution in [3.63, 3.8) is 0 Å². The monoisotopic (exact) mass is 243 g/mol. The predicted molar refractivity (Wildman–Crippen MR) is 71.2 cm³/mol. The zero-order valence-electron chi connectivity index (χ0n) is 11.1. The Labute approximate surface area is 106 Å². The van der Waals surface area contributed by atoms with E-state index in [0.717, 1.165) is 32.5 Å². The van der Waals surface area contributed by atoms with Crippen molar-refractivity contribution in [3.8, 4) is 0 Å². The van der Waals surface area contributed by atoms with Crippen molar-refractivity contribution in [2.24, 2.45) is 0 Å². The number of hydrogen-bond donors (Lipinski definition) is 2. The van der Waals surface area contributed by atoms with Gasteiger partial charge in [-0.05, 0) is 70.9 Å². The summed E-state index contributed by atoms with van der Waals surface area (Å²) < 4.78 is 5.71. The zero-order chi connectivity index (χ0) is 12.2. The molecule has 0 aromatic rings. The molecule has 1 aliphatic heterocycles. The molecule has 1 saturated heterocycles. The lowest BCUT2D eigenvalue weighted by molar-refractivity contribution is 0.00988. The van der Waals surface area contributed by atoms with Gasteiger partial charge in [-0.2, -0.15) is 0 Å². The van der Waals surface area contributed by atoms with E-state index in [1.54, 1.807) is 0 Å². The molecule has 0 saturated carbocycles. The summed E-state index contributed by atoms with van der Waals surface area (Å²) in [7, 11) is 0. The molecule has 3 heteroatoms. The molecule has 0 bridgehead atoms. The summed E-state index contributed by atoms with van der Waals surface area (Å²) in [6, 6.07) is 0. The van der Waals surface area contributed by atoms with Crippen LogP contribution in [0.1, 0.15) is 57.8 Å². The van der Waals surface area contributed by atoms with Crippen molar-refractivity contribution in [1.29, 1.82) is 0 Å². The topological polar surface area (TPSA) is 41.5 Å². The molecule has 0 aromatic heterocycles. The zero-order valence-corrected chi connectivity index (χ0v) is 11.1. The first-order valence-electron chi connectivity index (χ1n) is 7.36. The molecule has 1 heterocycles. The molecule has 0 aliphatic carbocycles. The third-order valence-corrected chi connectivity index (χ3v) is 3.42. The summed E-state index contributed by atoms with van der Waals surface area (Å²) in [4.78, 5) is 0. The molecule has 0 spiro atoms. The molecule has 1 rings (SSSR count). The minimum absolute atomic E-state index is 0.335. The van der Waals surface area contributed by atoms with E-state index < -0.39 is 0 Å². The Hall–Kier alpha value is -0.120. The molecule has 102 valence electrons. The molecule has 1 fully saturated rings. The molecule has 2 N–H and O–H groups in total. The Morgan fingerprint density at radius 1 is 1.00 bits per heavy atom. The van der Waals surface area contributed by atoms with Crippen LogP contribution in [0.25, 0.3) is 0 Å². The fourth-order valence-electron chi connectivity index (χ4n) is 2.32. The number of nitrogens with one attached hydrogen (secondary N) is 1. The third-order valence-electron chi connectivity index (χ3n) is 3.42. The lowest BCUT2D eigenvalue weighted by Crippen LogP contribution is -2.20. The maximum absolute atomic E-state index is 8.63. The van der Waals surface area contributed by atoms with Gasteiger partial charge in [-0.1, -0.05) is 0 Å². The van der Waals surface area contributed by atoms with E-state index in [-0.39, 0.29) is 0 Å². The standard InChI is InChI=1S/C14H29NO2/c16-12-6-1-4-10-15-11-5-2-8-14-9-3-7-13-17-14/h14-16H,1-13H2. The van der Waals surface area contributed by atoms with Gasteiger partial charge in [0.2, 0.25) is 0 Å². The van der Waals surface area contributed by atoms with Gasteiger partial charge in [0.05, 0.1) is 6.10 Å². The molecule has 1 unspecified atom stereocenters. The van der Waals surface area contributed by atoms with Crippen molar-refractivity contribution in [1.82, 2.24) is 5.32 Å². The Morgan fingerprint density at radius 3 is 2.53 bits per heavy atom. The van der Waals surface area contributed by atoms with E-state index in [0.29, 0.717) is 12.7 Å². The maximum atomic E-state index is 8.63. The first-order chi connectivity index (χ1) is 8.43. The summed E-state index contributed by atoms with van der Waals surface area (Å²) in [6.45, 7) is 3.54. The van der Waals surface area contributed by atoms with Crippen molar-refractivity contribution < 1.29 is 9.84 Å². The number of aliphatic hydroxyl groups excluding tert-OH is 1. The Kier molecular flexibility index (Phi) is 9.66. The summed E-state index contributed by atoms with van der Waals surface area (Å²) in [5.41, 5.74) is 0. The minimum Gasteiger partial charge on any atom is -0.396 e. The van der Waals surface area contributed by atoms with Gasteiger partial charge >= 0.3 is 0 Å². The number of aliphatic hydroxyl groups is 1. The highest BCUT2D eigenvalue weighted by molar-refractivity contribution is 4.63. The Balaban J connectivity index is 1.75. The van der Waals surface area contributed by atoms with Gasteiger partial charge in [0.25, 0.3) is 0 Å². The molecule has 1 aliphatic rings. The average molecular weight is 243 g/mol. The second kappa shape index (κ2) is 11.0. The normalized spacial score (nSPS) is 20.6. The Bertz CT molecular complexity index is 158. The van der Waals surface area contributed by atoms with Crippen LogP contribution < -0.4 is 5.32 Å². The SMILES string of the molecule is OCCCCCNCCCCC1CCCCO1. The summed E-state index contributed by atoms with van der Waals surface area (Å²) in [5.74, 6) is 0. The quantitative estimate of drug-likeness (QED) is 0.579. The van der Waals surface area contributed by atoms with Gasteiger partial charge in [-0.3, -0.25) is 0 Å². The van der Waals surface area contributed by atoms with Crippen LogP contribution in [0.15, 0.2) is 0 Å². The van der Waals surface area contributed by atoms with E-state index in [1.807, 2.05) is 0 Å². The van der Waals surface area contributed by atoms with E-state index >= 15 is 0 Å². The van der Waals surface area contributed by atoms with Crippen LogP contribution in [0.5, 0.6) is 0 Å². The van der Waals surface area contributed by atoms with Crippen LogP contribution in [0.2, 0.25) is 0 Å². The summed E-state index contributed by atoms with van der Waals surface area (Å²) in [5, 5.41) is 12.1. The van der Waals surface area contributed by atoms with Crippen molar-refractivity contribution >= 4 is 0 Å². The van der Waals surface area contributed by atoms with Gasteiger partial charge in [0, 0.05) is 13.2 Å². The molecule has 1 atom stereocenters. The van der Waals surface area contributed by atoms with Crippen molar-refractivity contribution in [3.05, 3.63) is 0 Å². The maximum Gasteiger partial charge on any atom is 0.0575 e. The summed E-state index contributed by atoms with van der Waals surface area (Å²) >= 11 is 0. The average Bonchev–Trinajstić information content (AvgIpc) is 2.38. The second-order valence-corrected chi connectivity index (χ2v) is 5.02. The van der Waals surface area contributed by atoms with Gasteiger partial charge in [-0.25, -0.2) is 0 Å². The number of unbranched alkanes of at least 4 members (excludes halogenated alkanes) is 3. The molecule has 17 heavy (non-hydrogen) atoms. The number of rotatable bonds is 10. The van der Waals surface area contributed by atoms with Crippen molar-refractivity contribution in [2.75, 3.05) is 26.3 Å². The first-order valence-corrected chi connectivity index (χ1v) is 7.36. The van der Waals surface area contributed by atoms with Gasteiger partial charge in [0.1, 0.15) is 0 Å². The van der Waals surface area contributed by atoms with Gasteiger partial charge in [-0.15, -0.1) is 0 Å². The smallest absolute Gasteiger partial charge is 0.0575 e. The van der Waals surface area contributed by atoms with E-state index in [9.17, 15) is 0 Å². The van der Waals surface area contributed by atoms with Crippen molar-refractivity contribution in [2.45, 2.75) is 63.9 Å². The number of ether oxygens (including phenoxy) is 1. The van der Waals surface area contributed by atoms with Crippen LogP contribution in [0, 0.1) is 0 Å². The predicted octanol–water partition coefficient (Wildman–Crippen LogP) is 2.48. The third kappa shape index (κ3) is 8.58. The molecule has 0 radical (unpaired) electrons. The van der Waals surface area contributed by atoms with Crippen LogP contribution in [-0.4, -0.2) is 37.5 Å². The van der Waals surface area contributed by atoms with Crippen LogP contribution >= 0.6 is 0 Å². The van der Waals surface area contributed by atoms with Gasteiger partial charge < -0.3 is 15.2 Å². The molecular formula is C14H29NO2. The highest BCUT2D eigenvalue weighted by atomic mass is 16.5. The lowest BCUT2D eigenvalue weighted by atomic mass is 10.0. The largest absolute Gasteiger partial charge is 0.396 e. The molecule has 0 amide bonds. The second-order valence-electron chi connectivity index (χ2n) is 5.02. The minimum atomic E-state index is 0.335. The lowest BCUT2D eigenvalue weighted by Gasteiger charge is -2.22. The number of hydrogen-bond acceptors (Lipinski definition) is 3. The van der Waals surface area contributed by atoms with Crippen LogP contribution in [0.3, 0.4) is 0 Å². The van der Waals surface area contributed by atoms with E-state index in [4.69, 9.17) is 9.84 Å². The van der Waals surface area contributed by atoms with E-state index in [1.165, 1.54) is 44.9 Å². The van der Waals surface area contributed by atoms with Gasteiger partial charge in [0.15, 0.2) is 0 Å². The Morgan fingerprint density at radius 2 is 1.82 bits per heavy atom. The summed E-state index contributed by atoms with van der Waals surface area (Å²) in [6.07, 6.45) is 11.5. The molecular weight excluding hydrogens is 214 g/mol. The van der Waals surface area contributed by atoms with E-state index in [2.05, 4.69) is 5.32 Å². The fourth-order valence-corrected chi connectivity index (χ4v) is 2.32. The van der Waals surface area contributed by atoms with Crippen LogP contribution in [0.4, 0.5) is 0 Å². The fraction of sp³-hybridized carbons (Fsp3) is 1.00. The molecule has 3 nitrogen and oxygen atoms in total. The van der Waals surface area contributed by atoms with Crippen LogP contribution in [-0.2, 0) is 4.74 Å². The first kappa shape index (κ1) is 14.9. The highest BCUT2D eigenvalue weighted by Crippen LogP contribution is 2.17.